The van der Waals surface area contributed by atoms with Crippen LogP contribution in [-0.4, -0.2) is 42.1 Å². The Kier molecular flexibility index (Phi) is 5.61. The van der Waals surface area contributed by atoms with Crippen molar-refractivity contribution >= 4 is 5.91 Å². The Balaban J connectivity index is 1.32. The van der Waals surface area contributed by atoms with Gasteiger partial charge in [0.15, 0.2) is 17.6 Å². The highest BCUT2D eigenvalue weighted by Gasteiger charge is 2.24. The number of para-hydroxylation sites is 2. The van der Waals surface area contributed by atoms with Crippen molar-refractivity contribution < 1.29 is 19.0 Å². The fourth-order valence-electron chi connectivity index (χ4n) is 3.11. The first kappa shape index (κ1) is 18.8. The molecule has 6 heteroatoms. The molecule has 0 spiro atoms. The number of benzene rings is 2. The molecule has 6 nitrogen and oxygen atoms in total. The summed E-state index contributed by atoms with van der Waals surface area (Å²) in [4.78, 5) is 18.4. The van der Waals surface area contributed by atoms with Gasteiger partial charge in [0.1, 0.15) is 19.0 Å². The average Bonchev–Trinajstić information content (AvgIpc) is 2.78. The van der Waals surface area contributed by atoms with Crippen molar-refractivity contribution in [2.45, 2.75) is 12.7 Å². The number of hydrogen-bond donors (Lipinski definition) is 0. The van der Waals surface area contributed by atoms with Gasteiger partial charge < -0.3 is 19.1 Å². The third-order valence-corrected chi connectivity index (χ3v) is 4.62. The lowest BCUT2D eigenvalue weighted by Crippen LogP contribution is -2.41. The van der Waals surface area contributed by atoms with Gasteiger partial charge in [-0.3, -0.25) is 9.78 Å². The van der Waals surface area contributed by atoms with Gasteiger partial charge in [-0.2, -0.15) is 0 Å². The second kappa shape index (κ2) is 8.65. The maximum absolute atomic E-state index is 12.7. The quantitative estimate of drug-likeness (QED) is 0.644. The van der Waals surface area contributed by atoms with Crippen LogP contribution in [0.15, 0.2) is 73.1 Å². The van der Waals surface area contributed by atoms with Crippen molar-refractivity contribution in [2.75, 3.05) is 20.2 Å². The highest BCUT2D eigenvalue weighted by atomic mass is 16.6. The highest BCUT2D eigenvalue weighted by molar-refractivity contribution is 5.94. The van der Waals surface area contributed by atoms with E-state index in [2.05, 4.69) is 4.98 Å². The summed E-state index contributed by atoms with van der Waals surface area (Å²) in [5.74, 6) is 2.07. The van der Waals surface area contributed by atoms with Gasteiger partial charge in [0.05, 0.1) is 6.54 Å². The number of pyridine rings is 1. The summed E-state index contributed by atoms with van der Waals surface area (Å²) in [6.45, 7) is 1.28. The van der Waals surface area contributed by atoms with Crippen LogP contribution >= 0.6 is 0 Å². The molecule has 148 valence electrons. The Labute approximate surface area is 169 Å². The molecule has 3 aromatic rings. The summed E-state index contributed by atoms with van der Waals surface area (Å²) in [7, 11) is 1.76. The molecule has 1 aliphatic heterocycles. The molecular weight excluding hydrogens is 368 g/mol. The minimum Gasteiger partial charge on any atom is -0.489 e. The normalized spacial score (nSPS) is 14.9. The van der Waals surface area contributed by atoms with Crippen molar-refractivity contribution in [1.29, 1.82) is 0 Å². The van der Waals surface area contributed by atoms with Gasteiger partial charge in [0.2, 0.25) is 0 Å². The Morgan fingerprint density at radius 3 is 2.66 bits per heavy atom. The molecule has 2 aromatic carbocycles. The van der Waals surface area contributed by atoms with E-state index in [1.54, 1.807) is 48.6 Å². The minimum absolute atomic E-state index is 0.0775. The van der Waals surface area contributed by atoms with Crippen LogP contribution < -0.4 is 14.2 Å². The van der Waals surface area contributed by atoms with Crippen LogP contribution in [0.4, 0.5) is 0 Å². The van der Waals surface area contributed by atoms with Gasteiger partial charge in [-0.15, -0.1) is 0 Å². The monoisotopic (exact) mass is 390 g/mol. The zero-order chi connectivity index (χ0) is 20.1. The SMILES string of the molecule is CN(C[C@@H]1COc2ccccc2O1)C(=O)c1ccc(OCc2cccnc2)cc1. The average molecular weight is 390 g/mol. The number of amides is 1. The molecule has 0 fully saturated rings. The molecule has 1 aromatic heterocycles. The number of fused-ring (bicyclic) bond motifs is 1. The Morgan fingerprint density at radius 1 is 1.10 bits per heavy atom. The van der Waals surface area contributed by atoms with E-state index in [0.717, 1.165) is 11.3 Å². The highest BCUT2D eigenvalue weighted by Crippen LogP contribution is 2.31. The first-order chi connectivity index (χ1) is 14.2. The van der Waals surface area contributed by atoms with E-state index in [9.17, 15) is 4.79 Å². The van der Waals surface area contributed by atoms with Gasteiger partial charge in [0.25, 0.3) is 5.91 Å². The molecule has 2 heterocycles. The second-order valence-electron chi connectivity index (χ2n) is 6.86. The molecule has 1 amide bonds. The molecule has 0 unspecified atom stereocenters. The molecule has 0 bridgehead atoms. The van der Waals surface area contributed by atoms with Crippen molar-refractivity contribution in [1.82, 2.24) is 9.88 Å². The topological polar surface area (TPSA) is 60.9 Å². The smallest absolute Gasteiger partial charge is 0.253 e. The number of rotatable bonds is 6. The molecule has 1 atom stereocenters. The van der Waals surface area contributed by atoms with E-state index in [1.165, 1.54) is 0 Å². The number of likely N-dealkylation sites (N-methyl/N-ethyl adjacent to an activating group) is 1. The zero-order valence-corrected chi connectivity index (χ0v) is 16.2. The van der Waals surface area contributed by atoms with Crippen molar-refractivity contribution in [2.24, 2.45) is 0 Å². The predicted molar refractivity (Wildman–Crippen MR) is 108 cm³/mol. The second-order valence-corrected chi connectivity index (χ2v) is 6.86. The molecule has 0 radical (unpaired) electrons. The van der Waals surface area contributed by atoms with Crippen LogP contribution in [0, 0.1) is 0 Å². The van der Waals surface area contributed by atoms with Gasteiger partial charge >= 0.3 is 0 Å². The summed E-state index contributed by atoms with van der Waals surface area (Å²) < 4.78 is 17.4. The summed E-state index contributed by atoms with van der Waals surface area (Å²) in [6, 6.07) is 18.5. The predicted octanol–water partition coefficient (Wildman–Crippen LogP) is 3.57. The first-order valence-electron chi connectivity index (χ1n) is 9.45. The number of aromatic nitrogens is 1. The van der Waals surface area contributed by atoms with E-state index in [4.69, 9.17) is 14.2 Å². The van der Waals surface area contributed by atoms with E-state index >= 15 is 0 Å². The maximum atomic E-state index is 12.7. The van der Waals surface area contributed by atoms with Crippen LogP contribution in [0.1, 0.15) is 15.9 Å². The van der Waals surface area contributed by atoms with E-state index in [-0.39, 0.29) is 12.0 Å². The third-order valence-electron chi connectivity index (χ3n) is 4.62. The maximum Gasteiger partial charge on any atom is 0.253 e. The Bertz CT molecular complexity index is 960. The van der Waals surface area contributed by atoms with E-state index in [0.29, 0.717) is 36.8 Å². The Morgan fingerprint density at radius 2 is 1.90 bits per heavy atom. The number of nitrogens with zero attached hydrogens (tertiary/aromatic N) is 2. The van der Waals surface area contributed by atoms with Crippen LogP contribution in [-0.2, 0) is 6.61 Å². The lowest BCUT2D eigenvalue weighted by Gasteiger charge is -2.29. The zero-order valence-electron chi connectivity index (χ0n) is 16.2. The van der Waals surface area contributed by atoms with E-state index in [1.807, 2.05) is 36.4 Å². The van der Waals surface area contributed by atoms with Crippen molar-refractivity contribution in [3.05, 3.63) is 84.2 Å². The number of carbonyl (C=O) groups excluding carboxylic acids is 1. The lowest BCUT2D eigenvalue weighted by atomic mass is 10.2. The molecule has 29 heavy (non-hydrogen) atoms. The summed E-state index contributed by atoms with van der Waals surface area (Å²) >= 11 is 0. The van der Waals surface area contributed by atoms with Gasteiger partial charge in [-0.25, -0.2) is 0 Å². The van der Waals surface area contributed by atoms with Crippen LogP contribution in [0.2, 0.25) is 0 Å². The fourth-order valence-corrected chi connectivity index (χ4v) is 3.11. The number of hydrogen-bond acceptors (Lipinski definition) is 5. The summed E-state index contributed by atoms with van der Waals surface area (Å²) in [5, 5.41) is 0. The molecule has 0 aliphatic carbocycles. The summed E-state index contributed by atoms with van der Waals surface area (Å²) in [6.07, 6.45) is 3.28. The molecule has 0 N–H and O–H groups in total. The molecule has 1 aliphatic rings. The number of ether oxygens (including phenoxy) is 3. The first-order valence-corrected chi connectivity index (χ1v) is 9.45. The van der Waals surface area contributed by atoms with Gasteiger partial charge in [-0.1, -0.05) is 18.2 Å². The van der Waals surface area contributed by atoms with Crippen molar-refractivity contribution in [3.63, 3.8) is 0 Å². The minimum atomic E-state index is -0.207. The van der Waals surface area contributed by atoms with Gasteiger partial charge in [0, 0.05) is 30.6 Å². The van der Waals surface area contributed by atoms with Crippen LogP contribution in [0.25, 0.3) is 0 Å². The third kappa shape index (κ3) is 4.66. The fraction of sp³-hybridized carbons (Fsp3) is 0.217. The van der Waals surface area contributed by atoms with Gasteiger partial charge in [-0.05, 0) is 42.5 Å². The van der Waals surface area contributed by atoms with Crippen LogP contribution in [0.3, 0.4) is 0 Å². The van der Waals surface area contributed by atoms with E-state index < -0.39 is 0 Å². The summed E-state index contributed by atoms with van der Waals surface area (Å²) in [5.41, 5.74) is 1.59. The molecule has 4 rings (SSSR count). The Hall–Kier alpha value is -3.54. The van der Waals surface area contributed by atoms with Crippen molar-refractivity contribution in [3.8, 4) is 17.2 Å². The largest absolute Gasteiger partial charge is 0.489 e. The number of carbonyl (C=O) groups is 1. The molecule has 0 saturated heterocycles. The van der Waals surface area contributed by atoms with Crippen LogP contribution in [0.5, 0.6) is 17.2 Å². The standard InChI is InChI=1S/C23H22N2O4/c1-25(14-20-16-28-21-6-2-3-7-22(21)29-20)23(26)18-8-10-19(11-9-18)27-15-17-5-4-12-24-13-17/h2-13,20H,14-16H2,1H3/t20-/m1/s1. The lowest BCUT2D eigenvalue weighted by molar-refractivity contribution is 0.0521. The molecule has 0 saturated carbocycles. The molecular formula is C23H22N2O4.